The lowest BCUT2D eigenvalue weighted by atomic mass is 10.1. The van der Waals surface area contributed by atoms with Gasteiger partial charge in [-0.05, 0) is 37.8 Å². The number of likely N-dealkylation sites (tertiary alicyclic amines) is 1. The second kappa shape index (κ2) is 8.61. The number of ether oxygens (including phenoxy) is 1. The highest BCUT2D eigenvalue weighted by Gasteiger charge is 2.31. The molecule has 0 aliphatic carbocycles. The zero-order valence-electron chi connectivity index (χ0n) is 15.4. The molecule has 0 saturated carbocycles. The SMILES string of the molecule is O=C(NC1CCN(c2nccs2)CC1)N1CCC[C@H]1COc1ccccc1. The van der Waals surface area contributed by atoms with Crippen LogP contribution in [0.15, 0.2) is 41.9 Å². The van der Waals surface area contributed by atoms with E-state index in [4.69, 9.17) is 4.74 Å². The van der Waals surface area contributed by atoms with Crippen LogP contribution in [0.4, 0.5) is 9.93 Å². The van der Waals surface area contributed by atoms with Crippen LogP contribution in [0.3, 0.4) is 0 Å². The molecule has 2 saturated heterocycles. The van der Waals surface area contributed by atoms with Crippen LogP contribution in [0.1, 0.15) is 25.7 Å². The maximum Gasteiger partial charge on any atom is 0.317 e. The Bertz CT molecular complexity index is 717. The molecule has 2 amide bonds. The van der Waals surface area contributed by atoms with Crippen molar-refractivity contribution in [3.63, 3.8) is 0 Å². The number of aromatic nitrogens is 1. The number of carbonyl (C=O) groups excluding carboxylic acids is 1. The molecule has 2 fully saturated rings. The normalized spacial score (nSPS) is 20.7. The molecule has 3 heterocycles. The fourth-order valence-electron chi connectivity index (χ4n) is 3.83. The topological polar surface area (TPSA) is 57.7 Å². The van der Waals surface area contributed by atoms with Crippen molar-refractivity contribution in [3.05, 3.63) is 41.9 Å². The summed E-state index contributed by atoms with van der Waals surface area (Å²) in [5, 5.41) is 6.33. The summed E-state index contributed by atoms with van der Waals surface area (Å²) in [5.41, 5.74) is 0. The molecule has 1 atom stereocenters. The number of carbonyl (C=O) groups is 1. The molecule has 0 radical (unpaired) electrons. The van der Waals surface area contributed by atoms with Crippen molar-refractivity contribution in [2.45, 2.75) is 37.8 Å². The average Bonchev–Trinajstić information content (AvgIpc) is 3.40. The first kappa shape index (κ1) is 18.1. The van der Waals surface area contributed by atoms with Gasteiger partial charge >= 0.3 is 6.03 Å². The number of urea groups is 1. The number of rotatable bonds is 5. The lowest BCUT2D eigenvalue weighted by Crippen LogP contribution is -2.51. The van der Waals surface area contributed by atoms with Crippen molar-refractivity contribution in [2.24, 2.45) is 0 Å². The summed E-state index contributed by atoms with van der Waals surface area (Å²) in [6.07, 6.45) is 5.81. The number of piperidine rings is 1. The van der Waals surface area contributed by atoms with Crippen LogP contribution in [0.2, 0.25) is 0 Å². The zero-order chi connectivity index (χ0) is 18.5. The third kappa shape index (κ3) is 4.53. The van der Waals surface area contributed by atoms with Gasteiger partial charge < -0.3 is 19.9 Å². The van der Waals surface area contributed by atoms with Crippen molar-refractivity contribution in [1.82, 2.24) is 15.2 Å². The Kier molecular flexibility index (Phi) is 5.77. The molecule has 2 aromatic rings. The number of hydrogen-bond donors (Lipinski definition) is 1. The molecule has 2 aliphatic heterocycles. The van der Waals surface area contributed by atoms with Crippen LogP contribution in [0.25, 0.3) is 0 Å². The molecule has 0 bridgehead atoms. The van der Waals surface area contributed by atoms with Gasteiger partial charge in [-0.2, -0.15) is 0 Å². The van der Waals surface area contributed by atoms with Gasteiger partial charge in [0.2, 0.25) is 0 Å². The lowest BCUT2D eigenvalue weighted by Gasteiger charge is -2.34. The van der Waals surface area contributed by atoms with Gasteiger partial charge in [-0.25, -0.2) is 9.78 Å². The molecule has 144 valence electrons. The number of amides is 2. The van der Waals surface area contributed by atoms with Crippen LogP contribution < -0.4 is 15.0 Å². The monoisotopic (exact) mass is 386 g/mol. The maximum absolute atomic E-state index is 12.8. The molecule has 0 unspecified atom stereocenters. The van der Waals surface area contributed by atoms with Crippen molar-refractivity contribution >= 4 is 22.5 Å². The number of nitrogens with zero attached hydrogens (tertiary/aromatic N) is 3. The smallest absolute Gasteiger partial charge is 0.317 e. The molecule has 27 heavy (non-hydrogen) atoms. The van der Waals surface area contributed by atoms with Gasteiger partial charge in [0.05, 0.1) is 6.04 Å². The van der Waals surface area contributed by atoms with Crippen molar-refractivity contribution in [3.8, 4) is 5.75 Å². The van der Waals surface area contributed by atoms with Gasteiger partial charge in [-0.15, -0.1) is 11.3 Å². The molecular weight excluding hydrogens is 360 g/mol. The summed E-state index contributed by atoms with van der Waals surface area (Å²) >= 11 is 1.67. The molecule has 1 N–H and O–H groups in total. The van der Waals surface area contributed by atoms with E-state index >= 15 is 0 Å². The number of nitrogens with one attached hydrogen (secondary N) is 1. The molecule has 1 aromatic carbocycles. The summed E-state index contributed by atoms with van der Waals surface area (Å²) in [6.45, 7) is 3.25. The van der Waals surface area contributed by atoms with Crippen LogP contribution in [-0.4, -0.2) is 54.2 Å². The third-order valence-electron chi connectivity index (χ3n) is 5.34. The number of para-hydroxylation sites is 1. The molecular formula is C20H26N4O2S. The predicted octanol–water partition coefficient (Wildman–Crippen LogP) is 3.36. The fraction of sp³-hybridized carbons (Fsp3) is 0.500. The van der Waals surface area contributed by atoms with Crippen LogP contribution in [-0.2, 0) is 0 Å². The van der Waals surface area contributed by atoms with Gasteiger partial charge in [-0.1, -0.05) is 18.2 Å². The van der Waals surface area contributed by atoms with Crippen LogP contribution in [0.5, 0.6) is 5.75 Å². The van der Waals surface area contributed by atoms with Crippen molar-refractivity contribution < 1.29 is 9.53 Å². The first-order valence-corrected chi connectivity index (χ1v) is 10.6. The van der Waals surface area contributed by atoms with E-state index in [0.29, 0.717) is 6.61 Å². The quantitative estimate of drug-likeness (QED) is 0.856. The Hall–Kier alpha value is -2.28. The largest absolute Gasteiger partial charge is 0.491 e. The Morgan fingerprint density at radius 3 is 2.74 bits per heavy atom. The minimum Gasteiger partial charge on any atom is -0.491 e. The maximum atomic E-state index is 12.8. The van der Waals surface area contributed by atoms with Crippen molar-refractivity contribution in [2.75, 3.05) is 31.1 Å². The van der Waals surface area contributed by atoms with E-state index in [1.807, 2.05) is 46.8 Å². The molecule has 1 aromatic heterocycles. The van der Waals surface area contributed by atoms with E-state index in [1.54, 1.807) is 11.3 Å². The van der Waals surface area contributed by atoms with Crippen LogP contribution >= 0.6 is 11.3 Å². The van der Waals surface area contributed by atoms with Crippen molar-refractivity contribution in [1.29, 1.82) is 0 Å². The van der Waals surface area contributed by atoms with Gasteiger partial charge in [-0.3, -0.25) is 0 Å². The second-order valence-corrected chi connectivity index (χ2v) is 8.01. The summed E-state index contributed by atoms with van der Waals surface area (Å²) in [6, 6.07) is 10.3. The average molecular weight is 387 g/mol. The number of benzene rings is 1. The Balaban J connectivity index is 1.25. The van der Waals surface area contributed by atoms with E-state index in [1.165, 1.54) is 0 Å². The predicted molar refractivity (Wildman–Crippen MR) is 108 cm³/mol. The number of anilines is 1. The summed E-state index contributed by atoms with van der Waals surface area (Å²) in [5.74, 6) is 0.860. The second-order valence-electron chi connectivity index (χ2n) is 7.14. The number of thiazole rings is 1. The van der Waals surface area contributed by atoms with E-state index in [9.17, 15) is 4.79 Å². The lowest BCUT2D eigenvalue weighted by molar-refractivity contribution is 0.161. The molecule has 4 rings (SSSR count). The van der Waals surface area contributed by atoms with Gasteiger partial charge in [0.15, 0.2) is 5.13 Å². The van der Waals surface area contributed by atoms with Gasteiger partial charge in [0.1, 0.15) is 12.4 Å². The molecule has 7 heteroatoms. The van der Waals surface area contributed by atoms with E-state index < -0.39 is 0 Å². The van der Waals surface area contributed by atoms with E-state index in [-0.39, 0.29) is 18.1 Å². The van der Waals surface area contributed by atoms with E-state index in [2.05, 4.69) is 15.2 Å². The Morgan fingerprint density at radius 2 is 2.00 bits per heavy atom. The van der Waals surface area contributed by atoms with E-state index in [0.717, 1.165) is 56.2 Å². The highest BCUT2D eigenvalue weighted by molar-refractivity contribution is 7.13. The minimum atomic E-state index is 0.0573. The number of hydrogen-bond acceptors (Lipinski definition) is 5. The summed E-state index contributed by atoms with van der Waals surface area (Å²) in [4.78, 5) is 21.4. The molecule has 6 nitrogen and oxygen atoms in total. The summed E-state index contributed by atoms with van der Waals surface area (Å²) in [7, 11) is 0. The highest BCUT2D eigenvalue weighted by atomic mass is 32.1. The third-order valence-corrected chi connectivity index (χ3v) is 6.17. The first-order chi connectivity index (χ1) is 13.3. The molecule has 0 spiro atoms. The van der Waals surface area contributed by atoms with Gasteiger partial charge in [0.25, 0.3) is 0 Å². The van der Waals surface area contributed by atoms with Gasteiger partial charge in [0, 0.05) is 37.3 Å². The Morgan fingerprint density at radius 1 is 1.19 bits per heavy atom. The standard InChI is InChI=1S/C20H26N4O2S/c25-19(22-16-8-12-23(13-9-16)20-21-10-14-27-20)24-11-4-5-17(24)15-26-18-6-2-1-3-7-18/h1-3,6-7,10,14,16-17H,4-5,8-9,11-13,15H2,(H,22,25)/t17-/m0/s1. The highest BCUT2D eigenvalue weighted by Crippen LogP contribution is 2.23. The zero-order valence-corrected chi connectivity index (χ0v) is 16.2. The minimum absolute atomic E-state index is 0.0573. The Labute approximate surface area is 164 Å². The van der Waals surface area contributed by atoms with Crippen LogP contribution in [0, 0.1) is 0 Å². The molecule has 2 aliphatic rings. The summed E-state index contributed by atoms with van der Waals surface area (Å²) < 4.78 is 5.88. The fourth-order valence-corrected chi connectivity index (χ4v) is 4.53. The first-order valence-electron chi connectivity index (χ1n) is 9.69.